The number of oxazole rings is 1. The van der Waals surface area contributed by atoms with Gasteiger partial charge >= 0.3 is 0 Å². The van der Waals surface area contributed by atoms with Gasteiger partial charge in [-0.05, 0) is 73.4 Å². The Morgan fingerprint density at radius 1 is 1.00 bits per heavy atom. The first-order valence-electron chi connectivity index (χ1n) is 9.42. The monoisotopic (exact) mass is 370 g/mol. The van der Waals surface area contributed by atoms with Gasteiger partial charge in [0.05, 0.1) is 0 Å². The summed E-state index contributed by atoms with van der Waals surface area (Å²) in [5.74, 6) is 0.416. The largest absolute Gasteiger partial charge is 0.436 e. The normalized spacial score (nSPS) is 11.0. The van der Waals surface area contributed by atoms with Gasteiger partial charge in [0.15, 0.2) is 5.58 Å². The molecular formula is C24H22N2O2. The predicted molar refractivity (Wildman–Crippen MR) is 113 cm³/mol. The average Bonchev–Trinajstić information content (AvgIpc) is 3.12. The van der Waals surface area contributed by atoms with Crippen molar-refractivity contribution in [2.24, 2.45) is 0 Å². The first-order chi connectivity index (χ1) is 13.5. The molecule has 4 aromatic rings. The maximum Gasteiger partial charge on any atom is 0.255 e. The van der Waals surface area contributed by atoms with Crippen molar-refractivity contribution in [1.82, 2.24) is 4.98 Å². The lowest BCUT2D eigenvalue weighted by Crippen LogP contribution is -2.12. The molecule has 4 rings (SSSR count). The highest BCUT2D eigenvalue weighted by atomic mass is 16.3. The zero-order chi connectivity index (χ0) is 19.7. The Hall–Kier alpha value is -3.40. The summed E-state index contributed by atoms with van der Waals surface area (Å²) >= 11 is 0. The molecule has 0 fully saturated rings. The van der Waals surface area contributed by atoms with Crippen LogP contribution < -0.4 is 5.32 Å². The van der Waals surface area contributed by atoms with Gasteiger partial charge in [-0.2, -0.15) is 0 Å². The van der Waals surface area contributed by atoms with Crippen molar-refractivity contribution in [3.05, 3.63) is 82.9 Å². The lowest BCUT2D eigenvalue weighted by molar-refractivity contribution is 0.102. The van der Waals surface area contributed by atoms with Crippen LogP contribution in [0.25, 0.3) is 22.6 Å². The minimum absolute atomic E-state index is 0.129. The molecule has 1 amide bonds. The molecule has 1 aromatic heterocycles. The summed E-state index contributed by atoms with van der Waals surface area (Å²) in [5, 5.41) is 3.01. The number of aryl methyl sites for hydroxylation is 3. The fraction of sp³-hybridized carbons (Fsp3) is 0.167. The molecular weight excluding hydrogens is 348 g/mol. The van der Waals surface area contributed by atoms with Crippen molar-refractivity contribution < 1.29 is 9.21 Å². The van der Waals surface area contributed by atoms with Crippen molar-refractivity contribution in [3.63, 3.8) is 0 Å². The average molecular weight is 370 g/mol. The first-order valence-corrected chi connectivity index (χ1v) is 9.42. The Labute approximate surface area is 164 Å². The van der Waals surface area contributed by atoms with E-state index in [9.17, 15) is 4.79 Å². The summed E-state index contributed by atoms with van der Waals surface area (Å²) in [6, 6.07) is 19.4. The Morgan fingerprint density at radius 3 is 2.54 bits per heavy atom. The van der Waals surface area contributed by atoms with Crippen LogP contribution in [0.5, 0.6) is 0 Å². The van der Waals surface area contributed by atoms with Crippen LogP contribution in [0.2, 0.25) is 0 Å². The molecule has 140 valence electrons. The standard InChI is InChI=1S/C24H22N2O2/c1-4-17-7-10-18(11-8-17)23(27)25-20-14-19(9-6-16(20)3)24-26-21-13-15(2)5-12-22(21)28-24/h5-14H,4H2,1-3H3,(H,25,27). The van der Waals surface area contributed by atoms with E-state index < -0.39 is 0 Å². The Bertz CT molecular complexity index is 1160. The molecule has 1 heterocycles. The van der Waals surface area contributed by atoms with Gasteiger partial charge < -0.3 is 9.73 Å². The van der Waals surface area contributed by atoms with E-state index >= 15 is 0 Å². The molecule has 3 aromatic carbocycles. The van der Waals surface area contributed by atoms with E-state index in [2.05, 4.69) is 17.2 Å². The van der Waals surface area contributed by atoms with Gasteiger partial charge in [0, 0.05) is 16.8 Å². The number of aromatic nitrogens is 1. The Balaban J connectivity index is 1.63. The highest BCUT2D eigenvalue weighted by molar-refractivity contribution is 6.05. The summed E-state index contributed by atoms with van der Waals surface area (Å²) in [5.41, 5.74) is 7.13. The van der Waals surface area contributed by atoms with Crippen molar-refractivity contribution in [3.8, 4) is 11.5 Å². The molecule has 0 aliphatic carbocycles. The Kier molecular flexibility index (Phi) is 4.70. The molecule has 0 spiro atoms. The van der Waals surface area contributed by atoms with E-state index in [1.54, 1.807) is 0 Å². The van der Waals surface area contributed by atoms with Gasteiger partial charge in [-0.1, -0.05) is 31.2 Å². The molecule has 0 atom stereocenters. The van der Waals surface area contributed by atoms with Crippen LogP contribution >= 0.6 is 0 Å². The summed E-state index contributed by atoms with van der Waals surface area (Å²) in [6.45, 7) is 6.09. The fourth-order valence-corrected chi connectivity index (χ4v) is 3.14. The van der Waals surface area contributed by atoms with Gasteiger partial charge in [0.2, 0.25) is 5.89 Å². The number of rotatable bonds is 4. The third-order valence-corrected chi connectivity index (χ3v) is 4.90. The van der Waals surface area contributed by atoms with E-state index in [0.29, 0.717) is 11.5 Å². The number of hydrogen-bond acceptors (Lipinski definition) is 3. The SMILES string of the molecule is CCc1ccc(C(=O)Nc2cc(-c3nc4cc(C)ccc4o3)ccc2C)cc1. The van der Waals surface area contributed by atoms with Crippen LogP contribution in [0.15, 0.2) is 65.1 Å². The highest BCUT2D eigenvalue weighted by Gasteiger charge is 2.12. The summed E-state index contributed by atoms with van der Waals surface area (Å²) in [4.78, 5) is 17.2. The van der Waals surface area contributed by atoms with Gasteiger partial charge in [-0.3, -0.25) is 4.79 Å². The number of hydrogen-bond donors (Lipinski definition) is 1. The van der Waals surface area contributed by atoms with Crippen LogP contribution in [0.1, 0.15) is 34.0 Å². The van der Waals surface area contributed by atoms with Gasteiger partial charge in [-0.25, -0.2) is 4.98 Å². The topological polar surface area (TPSA) is 55.1 Å². The van der Waals surface area contributed by atoms with Crippen molar-refractivity contribution >= 4 is 22.7 Å². The van der Waals surface area contributed by atoms with Crippen molar-refractivity contribution in [1.29, 1.82) is 0 Å². The number of nitrogens with one attached hydrogen (secondary N) is 1. The highest BCUT2D eigenvalue weighted by Crippen LogP contribution is 2.28. The number of carbonyl (C=O) groups excluding carboxylic acids is 1. The zero-order valence-electron chi connectivity index (χ0n) is 16.2. The predicted octanol–water partition coefficient (Wildman–Crippen LogP) is 5.93. The maximum absolute atomic E-state index is 12.6. The van der Waals surface area contributed by atoms with Crippen LogP contribution in [0.4, 0.5) is 5.69 Å². The van der Waals surface area contributed by atoms with Crippen molar-refractivity contribution in [2.45, 2.75) is 27.2 Å². The molecule has 0 radical (unpaired) electrons. The molecule has 0 aliphatic rings. The lowest BCUT2D eigenvalue weighted by atomic mass is 10.1. The summed E-state index contributed by atoms with van der Waals surface area (Å²) in [6.07, 6.45) is 0.951. The first kappa shape index (κ1) is 18.0. The molecule has 0 aliphatic heterocycles. The summed E-state index contributed by atoms with van der Waals surface area (Å²) in [7, 11) is 0. The number of fused-ring (bicyclic) bond motifs is 1. The zero-order valence-corrected chi connectivity index (χ0v) is 16.2. The van der Waals surface area contributed by atoms with Crippen LogP contribution in [0.3, 0.4) is 0 Å². The van der Waals surface area contributed by atoms with E-state index in [1.807, 2.05) is 74.5 Å². The molecule has 28 heavy (non-hydrogen) atoms. The lowest BCUT2D eigenvalue weighted by Gasteiger charge is -2.10. The molecule has 0 bridgehead atoms. The van der Waals surface area contributed by atoms with Crippen LogP contribution in [-0.4, -0.2) is 10.9 Å². The second-order valence-corrected chi connectivity index (χ2v) is 7.02. The molecule has 0 saturated carbocycles. The maximum atomic E-state index is 12.6. The minimum Gasteiger partial charge on any atom is -0.436 e. The number of benzene rings is 3. The van der Waals surface area contributed by atoms with Gasteiger partial charge in [0.1, 0.15) is 5.52 Å². The molecule has 1 N–H and O–H groups in total. The molecule has 4 heteroatoms. The van der Waals surface area contributed by atoms with Crippen LogP contribution in [0, 0.1) is 13.8 Å². The second kappa shape index (κ2) is 7.31. The second-order valence-electron chi connectivity index (χ2n) is 7.02. The summed E-state index contributed by atoms with van der Waals surface area (Å²) < 4.78 is 5.90. The van der Waals surface area contributed by atoms with Crippen molar-refractivity contribution in [2.75, 3.05) is 5.32 Å². The quantitative estimate of drug-likeness (QED) is 0.485. The Morgan fingerprint density at radius 2 is 1.79 bits per heavy atom. The smallest absolute Gasteiger partial charge is 0.255 e. The van der Waals surface area contributed by atoms with E-state index in [-0.39, 0.29) is 5.91 Å². The van der Waals surface area contributed by atoms with Gasteiger partial charge in [0.25, 0.3) is 5.91 Å². The number of anilines is 1. The molecule has 0 saturated heterocycles. The van der Waals surface area contributed by atoms with Crippen LogP contribution in [-0.2, 0) is 6.42 Å². The number of amides is 1. The van der Waals surface area contributed by atoms with E-state index in [0.717, 1.165) is 39.9 Å². The number of nitrogens with zero attached hydrogens (tertiary/aromatic N) is 1. The van der Waals surface area contributed by atoms with E-state index in [4.69, 9.17) is 4.42 Å². The minimum atomic E-state index is -0.129. The number of carbonyl (C=O) groups is 1. The van der Waals surface area contributed by atoms with E-state index in [1.165, 1.54) is 5.56 Å². The third-order valence-electron chi connectivity index (χ3n) is 4.90. The van der Waals surface area contributed by atoms with Gasteiger partial charge in [-0.15, -0.1) is 0 Å². The molecule has 4 nitrogen and oxygen atoms in total. The third kappa shape index (κ3) is 3.54. The fourth-order valence-electron chi connectivity index (χ4n) is 3.14. The molecule has 0 unspecified atom stereocenters.